The average molecular weight is 279 g/mol. The Balaban J connectivity index is 1.62. The molecule has 0 bridgehead atoms. The number of hydrogen-bond acceptors (Lipinski definition) is 3. The molecule has 5 heteroatoms. The third-order valence-electron chi connectivity index (χ3n) is 4.13. The molecule has 0 aromatic carbocycles. The van der Waals surface area contributed by atoms with Crippen molar-refractivity contribution in [1.82, 2.24) is 5.32 Å². The summed E-state index contributed by atoms with van der Waals surface area (Å²) in [6.07, 6.45) is 5.61. The van der Waals surface area contributed by atoms with Crippen molar-refractivity contribution in [3.05, 3.63) is 21.4 Å². The average Bonchev–Trinajstić information content (AvgIpc) is 2.76. The zero-order valence-electron chi connectivity index (χ0n) is 10.6. The smallest absolute Gasteiger partial charge is 0.306 e. The third-order valence-corrected chi connectivity index (χ3v) is 5.22. The number of aryl methyl sites for hydroxylation is 1. The molecule has 3 rings (SSSR count). The number of carbonyl (C=O) groups is 2. The van der Waals surface area contributed by atoms with Crippen LogP contribution in [0.15, 0.2) is 5.38 Å². The van der Waals surface area contributed by atoms with Crippen LogP contribution >= 0.6 is 11.3 Å². The van der Waals surface area contributed by atoms with Gasteiger partial charge in [0.1, 0.15) is 0 Å². The molecule has 102 valence electrons. The van der Waals surface area contributed by atoms with Crippen LogP contribution < -0.4 is 5.32 Å². The van der Waals surface area contributed by atoms with E-state index in [-0.39, 0.29) is 17.9 Å². The lowest BCUT2D eigenvalue weighted by molar-refractivity contribution is -0.145. The fourth-order valence-electron chi connectivity index (χ4n) is 2.88. The van der Waals surface area contributed by atoms with Gasteiger partial charge in [-0.05, 0) is 44.1 Å². The van der Waals surface area contributed by atoms with Gasteiger partial charge >= 0.3 is 5.97 Å². The van der Waals surface area contributed by atoms with Crippen molar-refractivity contribution in [2.24, 2.45) is 5.92 Å². The lowest BCUT2D eigenvalue weighted by Gasteiger charge is -2.32. The summed E-state index contributed by atoms with van der Waals surface area (Å²) < 4.78 is 0. The van der Waals surface area contributed by atoms with E-state index in [4.69, 9.17) is 5.11 Å². The van der Waals surface area contributed by atoms with Gasteiger partial charge < -0.3 is 10.4 Å². The van der Waals surface area contributed by atoms with Crippen LogP contribution in [0.2, 0.25) is 0 Å². The van der Waals surface area contributed by atoms with Crippen molar-refractivity contribution in [1.29, 1.82) is 0 Å². The monoisotopic (exact) mass is 279 g/mol. The van der Waals surface area contributed by atoms with Gasteiger partial charge in [0.2, 0.25) is 0 Å². The number of rotatable bonds is 3. The van der Waals surface area contributed by atoms with E-state index in [1.54, 1.807) is 11.3 Å². The van der Waals surface area contributed by atoms with E-state index in [2.05, 4.69) is 5.32 Å². The zero-order valence-corrected chi connectivity index (χ0v) is 11.5. The molecular formula is C14H17NO3S. The van der Waals surface area contributed by atoms with Gasteiger partial charge in [-0.1, -0.05) is 0 Å². The minimum atomic E-state index is -0.751. The number of carboxylic acid groups (broad SMARTS) is 1. The first kappa shape index (κ1) is 12.7. The van der Waals surface area contributed by atoms with Gasteiger partial charge in [0, 0.05) is 16.3 Å². The van der Waals surface area contributed by atoms with E-state index >= 15 is 0 Å². The molecule has 4 nitrogen and oxygen atoms in total. The minimum absolute atomic E-state index is 0.0201. The molecule has 2 aliphatic rings. The highest BCUT2D eigenvalue weighted by molar-refractivity contribution is 7.10. The van der Waals surface area contributed by atoms with Gasteiger partial charge in [0.15, 0.2) is 0 Å². The summed E-state index contributed by atoms with van der Waals surface area (Å²) in [4.78, 5) is 24.3. The number of carboxylic acids is 1. The van der Waals surface area contributed by atoms with Crippen LogP contribution in [0.5, 0.6) is 0 Å². The van der Waals surface area contributed by atoms with E-state index in [0.29, 0.717) is 12.8 Å². The van der Waals surface area contributed by atoms with Gasteiger partial charge in [0.05, 0.1) is 11.5 Å². The van der Waals surface area contributed by atoms with E-state index in [0.717, 1.165) is 24.8 Å². The molecule has 1 saturated carbocycles. The van der Waals surface area contributed by atoms with Gasteiger partial charge in [-0.15, -0.1) is 11.3 Å². The predicted octanol–water partition coefficient (Wildman–Crippen LogP) is 2.22. The van der Waals surface area contributed by atoms with Crippen LogP contribution in [-0.2, 0) is 17.6 Å². The third kappa shape index (κ3) is 2.39. The minimum Gasteiger partial charge on any atom is -0.481 e. The Hall–Kier alpha value is -1.36. The van der Waals surface area contributed by atoms with E-state index in [1.807, 2.05) is 5.38 Å². The molecule has 0 saturated heterocycles. The van der Waals surface area contributed by atoms with Crippen molar-refractivity contribution in [3.8, 4) is 0 Å². The number of nitrogens with one attached hydrogen (secondary N) is 1. The van der Waals surface area contributed by atoms with E-state index in [9.17, 15) is 9.59 Å². The molecule has 2 aliphatic carbocycles. The molecule has 2 N–H and O–H groups in total. The molecule has 0 radical (unpaired) electrons. The number of thiophene rings is 1. The molecule has 0 atom stereocenters. The van der Waals surface area contributed by atoms with Crippen LogP contribution in [0.3, 0.4) is 0 Å². The largest absolute Gasteiger partial charge is 0.481 e. The van der Waals surface area contributed by atoms with Gasteiger partial charge in [-0.3, -0.25) is 9.59 Å². The van der Waals surface area contributed by atoms with Crippen LogP contribution in [0.1, 0.15) is 46.5 Å². The van der Waals surface area contributed by atoms with Crippen LogP contribution in [-0.4, -0.2) is 23.0 Å². The fraction of sp³-hybridized carbons (Fsp3) is 0.571. The number of amides is 1. The Labute approximate surface area is 115 Å². The summed E-state index contributed by atoms with van der Waals surface area (Å²) in [7, 11) is 0. The normalized spacial score (nSPS) is 25.3. The van der Waals surface area contributed by atoms with Gasteiger partial charge in [-0.2, -0.15) is 0 Å². The Morgan fingerprint density at radius 2 is 2.00 bits per heavy atom. The highest BCUT2D eigenvalue weighted by Gasteiger charge is 2.35. The van der Waals surface area contributed by atoms with Crippen molar-refractivity contribution in [2.45, 2.75) is 44.6 Å². The molecule has 1 heterocycles. The molecule has 1 aromatic heterocycles. The van der Waals surface area contributed by atoms with Gasteiger partial charge in [-0.25, -0.2) is 0 Å². The van der Waals surface area contributed by atoms with E-state index in [1.165, 1.54) is 16.9 Å². The molecule has 0 aliphatic heterocycles. The van der Waals surface area contributed by atoms with Crippen molar-refractivity contribution >= 4 is 23.2 Å². The maximum Gasteiger partial charge on any atom is 0.306 e. The summed E-state index contributed by atoms with van der Waals surface area (Å²) in [5.41, 5.74) is 2.04. The van der Waals surface area contributed by atoms with E-state index < -0.39 is 5.97 Å². The number of fused-ring (bicyclic) bond motifs is 1. The lowest BCUT2D eigenvalue weighted by atomic mass is 9.80. The quantitative estimate of drug-likeness (QED) is 0.891. The summed E-state index contributed by atoms with van der Waals surface area (Å²) >= 11 is 1.68. The van der Waals surface area contributed by atoms with Crippen molar-refractivity contribution < 1.29 is 14.7 Å². The molecular weight excluding hydrogens is 262 g/mol. The summed E-state index contributed by atoms with van der Waals surface area (Å²) in [6, 6.07) is 0.0349. The molecule has 19 heavy (non-hydrogen) atoms. The maximum absolute atomic E-state index is 12.2. The van der Waals surface area contributed by atoms with Crippen molar-refractivity contribution in [2.75, 3.05) is 0 Å². The molecule has 1 aromatic rings. The summed E-state index contributed by atoms with van der Waals surface area (Å²) in [5.74, 6) is -1.05. The second-order valence-corrected chi connectivity index (χ2v) is 6.40. The summed E-state index contributed by atoms with van der Waals surface area (Å²) in [6.45, 7) is 0. The van der Waals surface area contributed by atoms with Crippen LogP contribution in [0, 0.1) is 5.92 Å². The Kier molecular flexibility index (Phi) is 3.31. The maximum atomic E-state index is 12.2. The number of hydrogen-bond donors (Lipinski definition) is 2. The van der Waals surface area contributed by atoms with Crippen molar-refractivity contribution in [3.63, 3.8) is 0 Å². The topological polar surface area (TPSA) is 66.4 Å². The fourth-order valence-corrected chi connectivity index (χ4v) is 4.01. The highest BCUT2D eigenvalue weighted by atomic mass is 32.1. The second-order valence-electron chi connectivity index (χ2n) is 5.44. The first-order chi connectivity index (χ1) is 9.15. The van der Waals surface area contributed by atoms with Crippen LogP contribution in [0.4, 0.5) is 0 Å². The van der Waals surface area contributed by atoms with Gasteiger partial charge in [0.25, 0.3) is 5.91 Å². The second kappa shape index (κ2) is 4.96. The first-order valence-electron chi connectivity index (χ1n) is 6.78. The Bertz CT molecular complexity index is 517. The summed E-state index contributed by atoms with van der Waals surface area (Å²) in [5, 5.41) is 13.7. The zero-order chi connectivity index (χ0) is 13.4. The van der Waals surface area contributed by atoms with Crippen LogP contribution in [0.25, 0.3) is 0 Å². The SMILES string of the molecule is O=C(NC1CC(C(=O)O)C1)c1csc2c1CCCC2. The highest BCUT2D eigenvalue weighted by Crippen LogP contribution is 2.31. The molecule has 0 spiro atoms. The first-order valence-corrected chi connectivity index (χ1v) is 7.66. The molecule has 1 amide bonds. The Morgan fingerprint density at radius 3 is 2.74 bits per heavy atom. The molecule has 0 unspecified atom stereocenters. The Morgan fingerprint density at radius 1 is 1.26 bits per heavy atom. The predicted molar refractivity (Wildman–Crippen MR) is 72.6 cm³/mol. The lowest BCUT2D eigenvalue weighted by Crippen LogP contribution is -2.46. The number of aliphatic carboxylic acids is 1. The number of carbonyl (C=O) groups excluding carboxylic acids is 1. The molecule has 1 fully saturated rings. The standard InChI is InChI=1S/C14H17NO3S/c16-13(15-9-5-8(6-9)14(17)18)11-7-19-12-4-2-1-3-10(11)12/h7-9H,1-6H2,(H,15,16)(H,17,18).